The molecule has 0 spiro atoms. The largest absolute Gasteiger partial charge is 0.493 e. The number of esters is 2. The van der Waals surface area contributed by atoms with Gasteiger partial charge in [-0.3, -0.25) is 40.5 Å². The maximum absolute atomic E-state index is 12.6. The van der Waals surface area contributed by atoms with E-state index in [1.54, 1.807) is 13.8 Å². The number of carbonyl (C=O) groups excluding carboxylic acids is 2. The normalized spacial score (nSPS) is 10.7. The lowest BCUT2D eigenvalue weighted by atomic mass is 9.93. The summed E-state index contributed by atoms with van der Waals surface area (Å²) in [6.45, 7) is 5.98. The van der Waals surface area contributed by atoms with E-state index in [4.69, 9.17) is 28.4 Å². The Morgan fingerprint density at radius 2 is 0.770 bits per heavy atom. The van der Waals surface area contributed by atoms with Crippen molar-refractivity contribution in [2.45, 2.75) is 59.8 Å². The third kappa shape index (κ3) is 12.8. The smallest absolute Gasteiger partial charge is 0.344 e. The molecule has 4 rings (SSSR count). The van der Waals surface area contributed by atoms with Crippen LogP contribution in [0.2, 0.25) is 0 Å². The maximum atomic E-state index is 12.6. The molecule has 0 aliphatic carbocycles. The lowest BCUT2D eigenvalue weighted by Crippen LogP contribution is -2.17. The number of nitro benzene ring substituents is 4. The van der Waals surface area contributed by atoms with Gasteiger partial charge in [-0.1, -0.05) is 13.8 Å². The molecule has 0 atom stereocenters. The molecule has 0 saturated carbocycles. The molecule has 4 aromatic carbocycles. The van der Waals surface area contributed by atoms with Gasteiger partial charge in [0, 0.05) is 101 Å². The molecule has 20 heteroatoms. The molecule has 0 bridgehead atoms. The van der Waals surface area contributed by atoms with Gasteiger partial charge in [-0.25, -0.2) is 9.59 Å². The number of non-ortho nitro benzene ring substituents is 4. The Balaban J connectivity index is 2.02. The number of benzene rings is 4. The fraction of sp³-hybridized carbons (Fsp3) is 0.366. The van der Waals surface area contributed by atoms with Gasteiger partial charge in [-0.05, 0) is 38.8 Å². The Morgan fingerprint density at radius 1 is 0.459 bits per heavy atom. The summed E-state index contributed by atoms with van der Waals surface area (Å²) in [7, 11) is 0. The molecule has 0 fully saturated rings. The van der Waals surface area contributed by atoms with Gasteiger partial charge in [0.1, 0.15) is 23.0 Å². The molecule has 61 heavy (non-hydrogen) atoms. The van der Waals surface area contributed by atoms with Gasteiger partial charge in [0.05, 0.1) is 46.1 Å². The molecule has 0 unspecified atom stereocenters. The Labute approximate surface area is 348 Å². The van der Waals surface area contributed by atoms with Crippen LogP contribution in [-0.4, -0.2) is 71.3 Å². The summed E-state index contributed by atoms with van der Waals surface area (Å²) >= 11 is 0. The summed E-state index contributed by atoms with van der Waals surface area (Å²) in [6.07, 6.45) is 0.277. The van der Waals surface area contributed by atoms with Crippen molar-refractivity contribution in [2.24, 2.45) is 0 Å². The van der Waals surface area contributed by atoms with Crippen molar-refractivity contribution in [3.05, 3.63) is 135 Å². The van der Waals surface area contributed by atoms with E-state index in [9.17, 15) is 50.0 Å². The molecule has 0 aromatic heterocycles. The van der Waals surface area contributed by atoms with Crippen molar-refractivity contribution in [2.75, 3.05) is 39.6 Å². The summed E-state index contributed by atoms with van der Waals surface area (Å²) in [4.78, 5) is 71.2. The third-order valence-electron chi connectivity index (χ3n) is 8.73. The van der Waals surface area contributed by atoms with Crippen LogP contribution >= 0.6 is 0 Å². The second-order valence-corrected chi connectivity index (χ2v) is 13.2. The lowest BCUT2D eigenvalue weighted by molar-refractivity contribution is -0.385. The zero-order valence-electron chi connectivity index (χ0n) is 33.9. The lowest BCUT2D eigenvalue weighted by Gasteiger charge is -2.20. The van der Waals surface area contributed by atoms with Gasteiger partial charge < -0.3 is 28.4 Å². The summed E-state index contributed by atoms with van der Waals surface area (Å²) in [5.74, 6) is -1.28. The minimum Gasteiger partial charge on any atom is -0.493 e. The highest BCUT2D eigenvalue weighted by atomic mass is 16.6. The minimum absolute atomic E-state index is 0.00136. The predicted octanol–water partition coefficient (Wildman–Crippen LogP) is 7.55. The van der Waals surface area contributed by atoms with Crippen molar-refractivity contribution in [1.82, 2.24) is 0 Å². The first-order valence-electron chi connectivity index (χ1n) is 19.2. The van der Waals surface area contributed by atoms with Crippen LogP contribution in [0, 0.1) is 40.5 Å². The quantitative estimate of drug-likeness (QED) is 0.0374. The second kappa shape index (κ2) is 22.1. The van der Waals surface area contributed by atoms with E-state index in [1.165, 1.54) is 48.5 Å². The van der Waals surface area contributed by atoms with E-state index in [1.807, 2.05) is 13.8 Å². The predicted molar refractivity (Wildman–Crippen MR) is 217 cm³/mol. The van der Waals surface area contributed by atoms with Crippen LogP contribution in [-0.2, 0) is 38.3 Å². The fourth-order valence-corrected chi connectivity index (χ4v) is 6.20. The van der Waals surface area contributed by atoms with Gasteiger partial charge in [-0.15, -0.1) is 0 Å². The Kier molecular flexibility index (Phi) is 16.8. The number of hydrogen-bond donors (Lipinski definition) is 0. The van der Waals surface area contributed by atoms with Crippen molar-refractivity contribution in [3.8, 4) is 23.0 Å². The van der Waals surface area contributed by atoms with Crippen LogP contribution in [0.5, 0.6) is 23.0 Å². The number of carbonyl (C=O) groups is 2. The SMILES string of the molecule is CCCOc1ccc([N+](=O)[O-])cc1Cc1cc([N+](=O)[O-])cc(Cc2cc([N+](=O)[O-])cc(Cc3cc([N+](=O)[O-])ccc3OCCC)c2OCC(=O)OCC)c1OCC(=O)OCC. The maximum Gasteiger partial charge on any atom is 0.344 e. The Bertz CT molecular complexity index is 2120. The van der Waals surface area contributed by atoms with Crippen molar-refractivity contribution >= 4 is 34.7 Å². The number of rotatable bonds is 24. The molecule has 4 aromatic rings. The summed E-state index contributed by atoms with van der Waals surface area (Å²) < 4.78 is 33.9. The monoisotopic (exact) mass is 848 g/mol. The number of ether oxygens (including phenoxy) is 6. The number of nitrogens with zero attached hydrogens (tertiary/aromatic N) is 4. The van der Waals surface area contributed by atoms with E-state index < -0.39 is 62.6 Å². The minimum atomic E-state index is -0.797. The molecule has 0 saturated heterocycles. The average molecular weight is 849 g/mol. The van der Waals surface area contributed by atoms with Gasteiger partial charge in [0.15, 0.2) is 13.2 Å². The van der Waals surface area contributed by atoms with Crippen LogP contribution < -0.4 is 18.9 Å². The Hall–Kier alpha value is -7.38. The number of hydrogen-bond acceptors (Lipinski definition) is 16. The summed E-state index contributed by atoms with van der Waals surface area (Å²) in [6, 6.07) is 12.4. The molecule has 0 heterocycles. The van der Waals surface area contributed by atoms with E-state index in [0.717, 1.165) is 12.1 Å². The standard InChI is InChI=1S/C41H44N4O16/c1-5-13-58-36-11-9-32(42(48)49)18-26(36)15-28-20-34(44(52)53)22-30(40(28)60-24-38(46)56-7-3)17-31-23-35(45(54)55)21-29(41(31)61-25-39(47)57-8-4)16-27-19-33(43(50)51)10-12-37(27)59-14-6-2/h9-12,18-23H,5-8,13-17,24-25H2,1-4H3. The van der Waals surface area contributed by atoms with E-state index >= 15 is 0 Å². The van der Waals surface area contributed by atoms with Crippen LogP contribution in [0.15, 0.2) is 60.7 Å². The van der Waals surface area contributed by atoms with Gasteiger partial charge in [0.2, 0.25) is 0 Å². The van der Waals surface area contributed by atoms with Gasteiger partial charge in [-0.2, -0.15) is 0 Å². The van der Waals surface area contributed by atoms with Crippen LogP contribution in [0.1, 0.15) is 73.9 Å². The zero-order chi connectivity index (χ0) is 44.6. The van der Waals surface area contributed by atoms with Crippen molar-refractivity contribution < 1.29 is 57.7 Å². The van der Waals surface area contributed by atoms with E-state index in [0.29, 0.717) is 12.8 Å². The first-order valence-corrected chi connectivity index (χ1v) is 19.2. The zero-order valence-corrected chi connectivity index (χ0v) is 33.9. The third-order valence-corrected chi connectivity index (χ3v) is 8.73. The fourth-order valence-electron chi connectivity index (χ4n) is 6.20. The van der Waals surface area contributed by atoms with Crippen LogP contribution in [0.4, 0.5) is 22.7 Å². The topological polar surface area (TPSA) is 262 Å². The Morgan fingerprint density at radius 3 is 1.07 bits per heavy atom. The highest BCUT2D eigenvalue weighted by Gasteiger charge is 2.27. The molecule has 0 amide bonds. The highest BCUT2D eigenvalue weighted by Crippen LogP contribution is 2.40. The average Bonchev–Trinajstić information content (AvgIpc) is 3.21. The molecule has 20 nitrogen and oxygen atoms in total. The summed E-state index contributed by atoms with van der Waals surface area (Å²) in [5.41, 5.74) is -0.805. The highest BCUT2D eigenvalue weighted by molar-refractivity contribution is 5.72. The number of nitro groups is 4. The first kappa shape index (κ1) is 46.3. The summed E-state index contributed by atoms with van der Waals surface area (Å²) in [5, 5.41) is 48.5. The molecule has 0 aliphatic rings. The molecule has 324 valence electrons. The first-order chi connectivity index (χ1) is 29.2. The molecular weight excluding hydrogens is 804 g/mol. The van der Waals surface area contributed by atoms with E-state index in [2.05, 4.69) is 0 Å². The van der Waals surface area contributed by atoms with Crippen LogP contribution in [0.25, 0.3) is 0 Å². The molecule has 0 N–H and O–H groups in total. The van der Waals surface area contributed by atoms with Crippen molar-refractivity contribution in [3.63, 3.8) is 0 Å². The van der Waals surface area contributed by atoms with Gasteiger partial charge in [0.25, 0.3) is 22.7 Å². The molecule has 0 radical (unpaired) electrons. The van der Waals surface area contributed by atoms with Crippen LogP contribution in [0.3, 0.4) is 0 Å². The molecular formula is C41H44N4O16. The van der Waals surface area contributed by atoms with Gasteiger partial charge >= 0.3 is 11.9 Å². The van der Waals surface area contributed by atoms with E-state index in [-0.39, 0.29) is 107 Å². The molecule has 0 aliphatic heterocycles. The second-order valence-electron chi connectivity index (χ2n) is 13.2. The van der Waals surface area contributed by atoms with Crippen molar-refractivity contribution in [1.29, 1.82) is 0 Å².